The zero-order valence-electron chi connectivity index (χ0n) is 13.6. The number of nitrogens with zero attached hydrogens (tertiary/aromatic N) is 1. The van der Waals surface area contributed by atoms with E-state index in [9.17, 15) is 9.59 Å². The molecule has 0 aliphatic carbocycles. The minimum atomic E-state index is -0.178. The smallest absolute Gasteiger partial charge is 0.244 e. The first kappa shape index (κ1) is 16.0. The Bertz CT molecular complexity index is 751. The van der Waals surface area contributed by atoms with E-state index in [1.807, 2.05) is 61.5 Å². The molecule has 4 nitrogen and oxygen atoms in total. The summed E-state index contributed by atoms with van der Waals surface area (Å²) in [6, 6.07) is 17.3. The molecule has 2 aromatic rings. The van der Waals surface area contributed by atoms with Crippen molar-refractivity contribution >= 4 is 23.6 Å². The van der Waals surface area contributed by atoms with E-state index in [4.69, 9.17) is 0 Å². The molecule has 0 radical (unpaired) electrons. The molecule has 24 heavy (non-hydrogen) atoms. The molecule has 1 fully saturated rings. The van der Waals surface area contributed by atoms with Crippen LogP contribution in [-0.4, -0.2) is 24.4 Å². The zero-order valence-corrected chi connectivity index (χ0v) is 13.6. The Balaban J connectivity index is 1.59. The van der Waals surface area contributed by atoms with Crippen molar-refractivity contribution in [1.82, 2.24) is 5.32 Å². The molecule has 1 heterocycles. The summed E-state index contributed by atoms with van der Waals surface area (Å²) < 4.78 is 0. The van der Waals surface area contributed by atoms with E-state index in [0.29, 0.717) is 13.0 Å². The zero-order chi connectivity index (χ0) is 16.9. The lowest BCUT2D eigenvalue weighted by Gasteiger charge is -2.17. The second kappa shape index (κ2) is 7.13. The number of amides is 2. The molecular formula is C20H20N2O2. The van der Waals surface area contributed by atoms with Gasteiger partial charge in [0.15, 0.2) is 0 Å². The highest BCUT2D eigenvalue weighted by Gasteiger charge is 2.31. The van der Waals surface area contributed by atoms with Gasteiger partial charge in [0, 0.05) is 24.7 Å². The Morgan fingerprint density at radius 2 is 1.83 bits per heavy atom. The minimum absolute atomic E-state index is 0.0381. The average Bonchev–Trinajstić information content (AvgIpc) is 2.95. The minimum Gasteiger partial charge on any atom is -0.347 e. The Morgan fingerprint density at radius 1 is 1.12 bits per heavy atom. The lowest BCUT2D eigenvalue weighted by molar-refractivity contribution is -0.117. The first-order valence-corrected chi connectivity index (χ1v) is 8.02. The Labute approximate surface area is 141 Å². The molecule has 0 spiro atoms. The third-order valence-corrected chi connectivity index (χ3v) is 4.04. The number of hydrogen-bond donors (Lipinski definition) is 1. The van der Waals surface area contributed by atoms with Gasteiger partial charge in [0.05, 0.1) is 6.04 Å². The summed E-state index contributed by atoms with van der Waals surface area (Å²) >= 11 is 0. The summed E-state index contributed by atoms with van der Waals surface area (Å²) in [6.07, 6.45) is 3.61. The summed E-state index contributed by atoms with van der Waals surface area (Å²) in [5, 5.41) is 2.90. The van der Waals surface area contributed by atoms with E-state index < -0.39 is 0 Å². The molecule has 0 unspecified atom stereocenters. The maximum absolute atomic E-state index is 12.2. The molecule has 1 N–H and O–H groups in total. The van der Waals surface area contributed by atoms with Crippen LogP contribution in [0.1, 0.15) is 17.5 Å². The summed E-state index contributed by atoms with van der Waals surface area (Å²) in [5.41, 5.74) is 3.00. The van der Waals surface area contributed by atoms with Gasteiger partial charge in [-0.1, -0.05) is 48.0 Å². The molecule has 1 saturated heterocycles. The highest BCUT2D eigenvalue weighted by molar-refractivity contribution is 5.98. The Kier molecular flexibility index (Phi) is 4.75. The molecule has 122 valence electrons. The second-order valence-electron chi connectivity index (χ2n) is 5.99. The van der Waals surface area contributed by atoms with E-state index in [1.54, 1.807) is 11.0 Å². The topological polar surface area (TPSA) is 49.4 Å². The quantitative estimate of drug-likeness (QED) is 0.881. The largest absolute Gasteiger partial charge is 0.347 e. The monoisotopic (exact) mass is 320 g/mol. The molecule has 1 atom stereocenters. The number of benzene rings is 2. The van der Waals surface area contributed by atoms with Crippen molar-refractivity contribution in [3.8, 4) is 0 Å². The van der Waals surface area contributed by atoms with Crippen LogP contribution < -0.4 is 10.2 Å². The fraction of sp³-hybridized carbons (Fsp3) is 0.200. The van der Waals surface area contributed by atoms with E-state index in [1.165, 1.54) is 6.08 Å². The molecule has 4 heteroatoms. The van der Waals surface area contributed by atoms with Gasteiger partial charge in [-0.2, -0.15) is 0 Å². The van der Waals surface area contributed by atoms with Crippen LogP contribution in [0.5, 0.6) is 0 Å². The van der Waals surface area contributed by atoms with Gasteiger partial charge in [-0.15, -0.1) is 0 Å². The second-order valence-corrected chi connectivity index (χ2v) is 5.99. The van der Waals surface area contributed by atoms with Crippen LogP contribution in [0.4, 0.5) is 5.69 Å². The van der Waals surface area contributed by atoms with Gasteiger partial charge in [0.2, 0.25) is 11.8 Å². The molecular weight excluding hydrogens is 300 g/mol. The highest BCUT2D eigenvalue weighted by atomic mass is 16.2. The third kappa shape index (κ3) is 3.90. The first-order valence-electron chi connectivity index (χ1n) is 8.02. The van der Waals surface area contributed by atoms with E-state index in [0.717, 1.165) is 16.8 Å². The van der Waals surface area contributed by atoms with E-state index in [-0.39, 0.29) is 17.9 Å². The fourth-order valence-corrected chi connectivity index (χ4v) is 2.76. The average molecular weight is 320 g/mol. The van der Waals surface area contributed by atoms with Crippen molar-refractivity contribution in [1.29, 1.82) is 0 Å². The number of rotatable bonds is 4. The van der Waals surface area contributed by atoms with Crippen molar-refractivity contribution in [3.63, 3.8) is 0 Å². The summed E-state index contributed by atoms with van der Waals surface area (Å²) in [4.78, 5) is 26.0. The number of nitrogens with one attached hydrogen (secondary N) is 1. The fourth-order valence-electron chi connectivity index (χ4n) is 2.76. The molecule has 0 aromatic heterocycles. The molecule has 1 aliphatic heterocycles. The van der Waals surface area contributed by atoms with Crippen LogP contribution in [0.3, 0.4) is 0 Å². The molecule has 3 rings (SSSR count). The van der Waals surface area contributed by atoms with Gasteiger partial charge < -0.3 is 10.2 Å². The normalized spacial score (nSPS) is 17.5. The van der Waals surface area contributed by atoms with E-state index in [2.05, 4.69) is 5.32 Å². The first-order chi connectivity index (χ1) is 11.6. The molecule has 0 saturated carbocycles. The predicted octanol–water partition coefficient (Wildman–Crippen LogP) is 2.93. The van der Waals surface area contributed by atoms with Crippen molar-refractivity contribution in [3.05, 3.63) is 71.8 Å². The molecule has 1 aliphatic rings. The third-order valence-electron chi connectivity index (χ3n) is 4.04. The maximum atomic E-state index is 12.2. The summed E-state index contributed by atoms with van der Waals surface area (Å²) in [5.74, 6) is -0.140. The van der Waals surface area contributed by atoms with E-state index >= 15 is 0 Å². The van der Waals surface area contributed by atoms with Crippen LogP contribution in [0.15, 0.2) is 60.7 Å². The van der Waals surface area contributed by atoms with Gasteiger partial charge in [-0.05, 0) is 30.7 Å². The van der Waals surface area contributed by atoms with Crippen molar-refractivity contribution in [2.24, 2.45) is 0 Å². The standard InChI is InChI=1S/C20H20N2O2/c1-15-7-10-18(11-8-15)22-14-17(13-20(22)24)21-19(23)12-9-16-5-3-2-4-6-16/h2-12,17H,13-14H2,1H3,(H,21,23)/b12-9-/t17-/m0/s1. The van der Waals surface area contributed by atoms with Crippen LogP contribution in [0, 0.1) is 6.92 Å². The number of carbonyl (C=O) groups excluding carboxylic acids is 2. The lowest BCUT2D eigenvalue weighted by Crippen LogP contribution is -2.36. The van der Waals surface area contributed by atoms with Gasteiger partial charge in [0.1, 0.15) is 0 Å². The molecule has 0 bridgehead atoms. The lowest BCUT2D eigenvalue weighted by atomic mass is 10.2. The van der Waals surface area contributed by atoms with Crippen LogP contribution >= 0.6 is 0 Å². The van der Waals surface area contributed by atoms with Gasteiger partial charge in [0.25, 0.3) is 0 Å². The van der Waals surface area contributed by atoms with Crippen molar-refractivity contribution in [2.45, 2.75) is 19.4 Å². The predicted molar refractivity (Wildman–Crippen MR) is 95.6 cm³/mol. The number of aryl methyl sites for hydroxylation is 1. The maximum Gasteiger partial charge on any atom is 0.244 e. The summed E-state index contributed by atoms with van der Waals surface area (Å²) in [7, 11) is 0. The van der Waals surface area contributed by atoms with Gasteiger partial charge >= 0.3 is 0 Å². The summed E-state index contributed by atoms with van der Waals surface area (Å²) in [6.45, 7) is 2.52. The van der Waals surface area contributed by atoms with Crippen LogP contribution in [0.25, 0.3) is 6.08 Å². The Hall–Kier alpha value is -2.88. The van der Waals surface area contributed by atoms with Crippen LogP contribution in [-0.2, 0) is 9.59 Å². The SMILES string of the molecule is Cc1ccc(N2C[C@@H](NC(=O)/C=C\c3ccccc3)CC2=O)cc1. The van der Waals surface area contributed by atoms with Gasteiger partial charge in [-0.3, -0.25) is 9.59 Å². The molecule has 2 amide bonds. The van der Waals surface area contributed by atoms with Gasteiger partial charge in [-0.25, -0.2) is 0 Å². The number of hydrogen-bond acceptors (Lipinski definition) is 2. The highest BCUT2D eigenvalue weighted by Crippen LogP contribution is 2.21. The number of carbonyl (C=O) groups is 2. The number of anilines is 1. The van der Waals surface area contributed by atoms with Crippen LogP contribution in [0.2, 0.25) is 0 Å². The molecule has 2 aromatic carbocycles. The van der Waals surface area contributed by atoms with Crippen molar-refractivity contribution in [2.75, 3.05) is 11.4 Å². The Morgan fingerprint density at radius 3 is 2.54 bits per heavy atom. The van der Waals surface area contributed by atoms with Crippen molar-refractivity contribution < 1.29 is 9.59 Å².